The number of benzene rings is 2. The molecular formula is C26H28F3N5O3S. The van der Waals surface area contributed by atoms with E-state index in [-0.39, 0.29) is 18.3 Å². The lowest BCUT2D eigenvalue weighted by atomic mass is 9.82. The number of halogens is 3. The number of carbonyl (C=O) groups excluding carboxylic acids is 1. The van der Waals surface area contributed by atoms with Crippen LogP contribution in [0.3, 0.4) is 0 Å². The summed E-state index contributed by atoms with van der Waals surface area (Å²) in [6.07, 6.45) is -0.772. The summed E-state index contributed by atoms with van der Waals surface area (Å²) in [5.74, 6) is 0.868. The summed E-state index contributed by atoms with van der Waals surface area (Å²) in [4.78, 5) is 23.9. The number of alkyl halides is 3. The van der Waals surface area contributed by atoms with Gasteiger partial charge in [0.05, 0.1) is 15.9 Å². The topological polar surface area (TPSA) is 99.1 Å². The summed E-state index contributed by atoms with van der Waals surface area (Å²) in [6, 6.07) is 9.47. The minimum absolute atomic E-state index is 0.149. The number of guanidine groups is 1. The summed E-state index contributed by atoms with van der Waals surface area (Å²) < 4.78 is 42.2. The molecule has 202 valence electrons. The fourth-order valence-electron chi connectivity index (χ4n) is 4.80. The Morgan fingerprint density at radius 1 is 1.16 bits per heavy atom. The van der Waals surface area contributed by atoms with E-state index in [9.17, 15) is 23.1 Å². The first kappa shape index (κ1) is 26.2. The number of ether oxygens (including phenoxy) is 1. The van der Waals surface area contributed by atoms with E-state index in [0.29, 0.717) is 57.5 Å². The lowest BCUT2D eigenvalue weighted by Crippen LogP contribution is -2.35. The van der Waals surface area contributed by atoms with Crippen molar-refractivity contribution in [3.63, 3.8) is 0 Å². The van der Waals surface area contributed by atoms with Crippen LogP contribution in [0.2, 0.25) is 0 Å². The Hall–Kier alpha value is -3.38. The first-order valence-electron chi connectivity index (χ1n) is 12.4. The molecule has 3 aromatic rings. The van der Waals surface area contributed by atoms with Crippen LogP contribution >= 0.6 is 11.3 Å². The number of anilines is 1. The molecule has 0 unspecified atom stereocenters. The zero-order valence-corrected chi connectivity index (χ0v) is 21.5. The molecule has 1 saturated carbocycles. The highest BCUT2D eigenvalue weighted by molar-refractivity contribution is 7.22. The molecule has 8 nitrogen and oxygen atoms in total. The van der Waals surface area contributed by atoms with E-state index in [4.69, 9.17) is 0 Å². The number of carbonyl (C=O) groups is 1. The fraction of sp³-hybridized carbons (Fsp3) is 0.423. The Balaban J connectivity index is 1.27. The highest BCUT2D eigenvalue weighted by Gasteiger charge is 2.31. The highest BCUT2D eigenvalue weighted by Crippen LogP contribution is 2.33. The quantitative estimate of drug-likeness (QED) is 0.389. The number of aliphatic imine (C=N–C) groups is 1. The van der Waals surface area contributed by atoms with Gasteiger partial charge in [0.1, 0.15) is 5.75 Å². The number of hydrogen-bond donors (Lipinski definition) is 3. The molecular weight excluding hydrogens is 519 g/mol. The lowest BCUT2D eigenvalue weighted by molar-refractivity contribution is -0.274. The van der Waals surface area contributed by atoms with E-state index >= 15 is 0 Å². The molecule has 3 N–H and O–H groups in total. The predicted octanol–water partition coefficient (Wildman–Crippen LogP) is 5.27. The van der Waals surface area contributed by atoms with Crippen LogP contribution in [-0.2, 0) is 6.54 Å². The van der Waals surface area contributed by atoms with Crippen molar-refractivity contribution in [1.29, 1.82) is 0 Å². The van der Waals surface area contributed by atoms with Gasteiger partial charge in [-0.15, -0.1) is 13.2 Å². The van der Waals surface area contributed by atoms with Crippen molar-refractivity contribution in [3.05, 3.63) is 47.5 Å². The SMILES string of the molecule is CN1Cc2ccc(C(=O)NC[C@H]3CC[C@H](CO)CC3)cc2N=C1Nc1nc2ccc(OC(F)(F)F)cc2s1. The van der Waals surface area contributed by atoms with Gasteiger partial charge in [0.25, 0.3) is 5.91 Å². The Morgan fingerprint density at radius 2 is 1.92 bits per heavy atom. The summed E-state index contributed by atoms with van der Waals surface area (Å²) in [5.41, 5.74) is 2.70. The van der Waals surface area contributed by atoms with Crippen molar-refractivity contribution in [2.45, 2.75) is 38.6 Å². The summed E-state index contributed by atoms with van der Waals surface area (Å²) >= 11 is 1.19. The second-order valence-electron chi connectivity index (χ2n) is 9.74. The van der Waals surface area contributed by atoms with Gasteiger partial charge >= 0.3 is 6.36 Å². The molecule has 1 aromatic heterocycles. The Kier molecular flexibility index (Phi) is 7.44. The van der Waals surface area contributed by atoms with Crippen LogP contribution in [0.1, 0.15) is 41.6 Å². The Bertz CT molecular complexity index is 1350. The average molecular weight is 548 g/mol. The maximum absolute atomic E-state index is 12.8. The number of nitrogens with zero attached hydrogens (tertiary/aromatic N) is 3. The molecule has 1 aliphatic heterocycles. The summed E-state index contributed by atoms with van der Waals surface area (Å²) in [5, 5.41) is 16.0. The van der Waals surface area contributed by atoms with E-state index in [1.165, 1.54) is 29.5 Å². The van der Waals surface area contributed by atoms with E-state index in [2.05, 4.69) is 25.3 Å². The van der Waals surface area contributed by atoms with Gasteiger partial charge in [-0.2, -0.15) is 0 Å². The van der Waals surface area contributed by atoms with Gasteiger partial charge in [-0.25, -0.2) is 9.98 Å². The zero-order chi connectivity index (χ0) is 26.9. The van der Waals surface area contributed by atoms with Gasteiger partial charge in [-0.1, -0.05) is 17.4 Å². The summed E-state index contributed by atoms with van der Waals surface area (Å²) in [6.45, 7) is 1.41. The van der Waals surface area contributed by atoms with Crippen molar-refractivity contribution in [3.8, 4) is 5.75 Å². The molecule has 2 heterocycles. The van der Waals surface area contributed by atoms with Crippen LogP contribution < -0.4 is 15.4 Å². The zero-order valence-electron chi connectivity index (χ0n) is 20.7. The van der Waals surface area contributed by atoms with Crippen LogP contribution in [-0.4, -0.2) is 53.4 Å². The number of thiazole rings is 1. The van der Waals surface area contributed by atoms with Gasteiger partial charge in [0.15, 0.2) is 5.13 Å². The number of amides is 1. The third-order valence-corrected chi connectivity index (χ3v) is 7.86. The van der Waals surface area contributed by atoms with Gasteiger partial charge in [0, 0.05) is 38.4 Å². The number of nitrogens with one attached hydrogen (secondary N) is 2. The Labute approximate surface area is 221 Å². The van der Waals surface area contributed by atoms with E-state index in [1.807, 2.05) is 18.0 Å². The van der Waals surface area contributed by atoms with Crippen molar-refractivity contribution in [2.75, 3.05) is 25.5 Å². The molecule has 38 heavy (non-hydrogen) atoms. The smallest absolute Gasteiger partial charge is 0.406 e. The second-order valence-corrected chi connectivity index (χ2v) is 10.8. The largest absolute Gasteiger partial charge is 0.573 e. The molecule has 5 rings (SSSR count). The third kappa shape index (κ3) is 6.18. The molecule has 0 atom stereocenters. The summed E-state index contributed by atoms with van der Waals surface area (Å²) in [7, 11) is 1.86. The van der Waals surface area contributed by atoms with Crippen molar-refractivity contribution in [1.82, 2.24) is 15.2 Å². The van der Waals surface area contributed by atoms with Crippen LogP contribution in [0.4, 0.5) is 24.0 Å². The lowest BCUT2D eigenvalue weighted by Gasteiger charge is -2.28. The monoisotopic (exact) mass is 547 g/mol. The van der Waals surface area contributed by atoms with Crippen molar-refractivity contribution < 1.29 is 27.8 Å². The molecule has 0 bridgehead atoms. The van der Waals surface area contributed by atoms with Crippen LogP contribution in [0.5, 0.6) is 5.75 Å². The molecule has 0 spiro atoms. The van der Waals surface area contributed by atoms with E-state index in [1.54, 1.807) is 12.1 Å². The standard InChI is InChI=1S/C26H28F3N5O3S/c1-34-13-18-7-6-17(23(36)30-12-15-2-4-16(14-35)5-3-15)10-21(18)31-24(34)33-25-32-20-9-8-19(11-22(20)38-25)37-26(27,28)29/h6-11,15-16,35H,2-5,12-14H2,1H3,(H,30,36)(H,31,32,33)/t15-,16-. The maximum Gasteiger partial charge on any atom is 0.573 e. The fourth-order valence-corrected chi connectivity index (χ4v) is 5.69. The number of aliphatic hydroxyl groups is 1. The van der Waals surface area contributed by atoms with Gasteiger partial charge in [0.2, 0.25) is 5.96 Å². The van der Waals surface area contributed by atoms with Gasteiger partial charge in [-0.05, 0) is 67.3 Å². The van der Waals surface area contributed by atoms with E-state index < -0.39 is 6.36 Å². The third-order valence-electron chi connectivity index (χ3n) is 6.93. The molecule has 2 aliphatic rings. The van der Waals surface area contributed by atoms with Crippen molar-refractivity contribution >= 4 is 44.2 Å². The number of aliphatic hydroxyl groups excluding tert-OH is 1. The maximum atomic E-state index is 12.8. The number of fused-ring (bicyclic) bond motifs is 2. The minimum atomic E-state index is -4.76. The molecule has 1 amide bonds. The minimum Gasteiger partial charge on any atom is -0.406 e. The average Bonchev–Trinajstić information content (AvgIpc) is 3.28. The molecule has 0 saturated heterocycles. The van der Waals surface area contributed by atoms with Gasteiger partial charge < -0.3 is 25.4 Å². The van der Waals surface area contributed by atoms with Crippen LogP contribution in [0.15, 0.2) is 41.4 Å². The van der Waals surface area contributed by atoms with Gasteiger partial charge in [-0.3, -0.25) is 4.79 Å². The van der Waals surface area contributed by atoms with E-state index in [0.717, 1.165) is 31.2 Å². The molecule has 1 fully saturated rings. The molecule has 1 aliphatic carbocycles. The first-order chi connectivity index (χ1) is 18.2. The van der Waals surface area contributed by atoms with Crippen LogP contribution in [0, 0.1) is 11.8 Å². The number of aromatic nitrogens is 1. The number of hydrogen-bond acceptors (Lipinski definition) is 8. The second kappa shape index (κ2) is 10.8. The molecule has 2 aromatic carbocycles. The first-order valence-corrected chi connectivity index (χ1v) is 13.2. The highest BCUT2D eigenvalue weighted by atomic mass is 32.1. The Morgan fingerprint density at radius 3 is 2.66 bits per heavy atom. The molecule has 12 heteroatoms. The van der Waals surface area contributed by atoms with Crippen LogP contribution in [0.25, 0.3) is 10.2 Å². The normalized spacial score (nSPS) is 19.6. The van der Waals surface area contributed by atoms with Crippen molar-refractivity contribution in [2.24, 2.45) is 16.8 Å². The molecule has 0 radical (unpaired) electrons. The number of rotatable bonds is 6. The predicted molar refractivity (Wildman–Crippen MR) is 140 cm³/mol.